The minimum atomic E-state index is 0.662. The minimum Gasteiger partial charge on any atom is -0.496 e. The Morgan fingerprint density at radius 3 is 2.92 bits per heavy atom. The molecule has 2 nitrogen and oxygen atoms in total. The van der Waals surface area contributed by atoms with Crippen molar-refractivity contribution in [3.63, 3.8) is 0 Å². The Morgan fingerprint density at radius 2 is 2.31 bits per heavy atom. The van der Waals surface area contributed by atoms with Crippen LogP contribution in [-0.4, -0.2) is 13.0 Å². The van der Waals surface area contributed by atoms with Crippen LogP contribution in [0.5, 0.6) is 5.75 Å². The minimum absolute atomic E-state index is 0.662. The number of halogens is 1. The van der Waals surface area contributed by atoms with Crippen molar-refractivity contribution in [1.82, 2.24) is 5.32 Å². The SMILES string of the molecule is COc1ccc(Br)cc1CNCS. The van der Waals surface area contributed by atoms with Crippen molar-refractivity contribution < 1.29 is 4.74 Å². The van der Waals surface area contributed by atoms with Gasteiger partial charge in [-0.25, -0.2) is 0 Å². The molecule has 1 aromatic carbocycles. The first-order valence-corrected chi connectivity index (χ1v) is 5.34. The van der Waals surface area contributed by atoms with Gasteiger partial charge < -0.3 is 10.1 Å². The lowest BCUT2D eigenvalue weighted by Crippen LogP contribution is -2.11. The molecule has 0 saturated carbocycles. The summed E-state index contributed by atoms with van der Waals surface area (Å²) in [5, 5.41) is 3.13. The number of hydrogen-bond donors (Lipinski definition) is 2. The number of ether oxygens (including phenoxy) is 1. The van der Waals surface area contributed by atoms with Crippen LogP contribution >= 0.6 is 28.6 Å². The second-order valence-corrected chi connectivity index (χ2v) is 3.77. The van der Waals surface area contributed by atoms with Crippen LogP contribution in [0.3, 0.4) is 0 Å². The zero-order chi connectivity index (χ0) is 9.68. The van der Waals surface area contributed by atoms with Crippen LogP contribution in [0, 0.1) is 0 Å². The van der Waals surface area contributed by atoms with Crippen LogP contribution in [0.2, 0.25) is 0 Å². The smallest absolute Gasteiger partial charge is 0.123 e. The first kappa shape index (κ1) is 10.9. The molecule has 0 amide bonds. The van der Waals surface area contributed by atoms with E-state index in [1.807, 2.05) is 18.2 Å². The van der Waals surface area contributed by atoms with Crippen molar-refractivity contribution >= 4 is 28.6 Å². The van der Waals surface area contributed by atoms with Gasteiger partial charge in [0.25, 0.3) is 0 Å². The average molecular weight is 262 g/mol. The number of hydrogen-bond acceptors (Lipinski definition) is 3. The molecule has 72 valence electrons. The van der Waals surface area contributed by atoms with E-state index in [0.717, 1.165) is 22.3 Å². The Kier molecular flexibility index (Phi) is 4.62. The fraction of sp³-hybridized carbons (Fsp3) is 0.333. The first-order valence-electron chi connectivity index (χ1n) is 3.92. The molecule has 0 bridgehead atoms. The van der Waals surface area contributed by atoms with E-state index >= 15 is 0 Å². The standard InChI is InChI=1S/C9H12BrNOS/c1-12-9-3-2-8(10)4-7(9)5-11-6-13/h2-4,11,13H,5-6H2,1H3. The van der Waals surface area contributed by atoms with E-state index < -0.39 is 0 Å². The number of thiol groups is 1. The molecule has 1 aromatic rings. The maximum Gasteiger partial charge on any atom is 0.123 e. The highest BCUT2D eigenvalue weighted by Crippen LogP contribution is 2.22. The van der Waals surface area contributed by atoms with E-state index in [1.54, 1.807) is 7.11 Å². The van der Waals surface area contributed by atoms with Crippen LogP contribution in [0.4, 0.5) is 0 Å². The van der Waals surface area contributed by atoms with Gasteiger partial charge in [-0.2, -0.15) is 12.6 Å². The third-order valence-electron chi connectivity index (χ3n) is 1.67. The van der Waals surface area contributed by atoms with Crippen molar-refractivity contribution in [2.45, 2.75) is 6.54 Å². The van der Waals surface area contributed by atoms with Crippen LogP contribution in [0.15, 0.2) is 22.7 Å². The molecule has 0 atom stereocenters. The van der Waals surface area contributed by atoms with E-state index in [9.17, 15) is 0 Å². The third-order valence-corrected chi connectivity index (χ3v) is 2.39. The van der Waals surface area contributed by atoms with Gasteiger partial charge in [-0.3, -0.25) is 0 Å². The Balaban J connectivity index is 2.81. The normalized spacial score (nSPS) is 10.1. The highest BCUT2D eigenvalue weighted by atomic mass is 79.9. The van der Waals surface area contributed by atoms with Gasteiger partial charge >= 0.3 is 0 Å². The lowest BCUT2D eigenvalue weighted by Gasteiger charge is -2.08. The van der Waals surface area contributed by atoms with Crippen LogP contribution < -0.4 is 10.1 Å². The second-order valence-electron chi connectivity index (χ2n) is 2.54. The van der Waals surface area contributed by atoms with Gasteiger partial charge in [0.2, 0.25) is 0 Å². The maximum absolute atomic E-state index is 5.21. The molecular weight excluding hydrogens is 250 g/mol. The van der Waals surface area contributed by atoms with Crippen LogP contribution in [0.25, 0.3) is 0 Å². The summed E-state index contributed by atoms with van der Waals surface area (Å²) < 4.78 is 6.27. The molecule has 1 N–H and O–H groups in total. The summed E-state index contributed by atoms with van der Waals surface area (Å²) in [6, 6.07) is 5.94. The molecule has 1 rings (SSSR count). The Hall–Kier alpha value is -0.190. The number of rotatable bonds is 4. The molecule has 0 saturated heterocycles. The summed E-state index contributed by atoms with van der Waals surface area (Å²) in [5.41, 5.74) is 1.13. The van der Waals surface area contributed by atoms with E-state index in [-0.39, 0.29) is 0 Å². The quantitative estimate of drug-likeness (QED) is 0.642. The van der Waals surface area contributed by atoms with Gasteiger partial charge in [0.15, 0.2) is 0 Å². The van der Waals surface area contributed by atoms with E-state index in [1.165, 1.54) is 0 Å². The van der Waals surface area contributed by atoms with Crippen molar-refractivity contribution in [3.8, 4) is 5.75 Å². The fourth-order valence-corrected chi connectivity index (χ4v) is 1.60. The van der Waals surface area contributed by atoms with Gasteiger partial charge in [0.1, 0.15) is 5.75 Å². The molecule has 0 unspecified atom stereocenters. The molecule has 0 spiro atoms. The zero-order valence-corrected chi connectivity index (χ0v) is 9.86. The lowest BCUT2D eigenvalue weighted by molar-refractivity contribution is 0.408. The number of nitrogens with one attached hydrogen (secondary N) is 1. The zero-order valence-electron chi connectivity index (χ0n) is 7.38. The molecule has 4 heteroatoms. The van der Waals surface area contributed by atoms with Crippen molar-refractivity contribution in [2.75, 3.05) is 13.0 Å². The summed E-state index contributed by atoms with van der Waals surface area (Å²) in [5.74, 6) is 1.56. The fourth-order valence-electron chi connectivity index (χ4n) is 1.08. The lowest BCUT2D eigenvalue weighted by atomic mass is 10.2. The van der Waals surface area contributed by atoms with Crippen LogP contribution in [-0.2, 0) is 6.54 Å². The molecule has 0 aliphatic heterocycles. The second kappa shape index (κ2) is 5.52. The molecule has 0 radical (unpaired) electrons. The van der Waals surface area contributed by atoms with Crippen LogP contribution in [0.1, 0.15) is 5.56 Å². The van der Waals surface area contributed by atoms with E-state index in [2.05, 4.69) is 33.9 Å². The number of methoxy groups -OCH3 is 1. The molecule has 13 heavy (non-hydrogen) atoms. The average Bonchev–Trinajstić information content (AvgIpc) is 2.15. The topological polar surface area (TPSA) is 21.3 Å². The van der Waals surface area contributed by atoms with E-state index in [0.29, 0.717) is 5.88 Å². The number of benzene rings is 1. The highest BCUT2D eigenvalue weighted by molar-refractivity contribution is 9.10. The summed E-state index contributed by atoms with van der Waals surface area (Å²) in [6.07, 6.45) is 0. The van der Waals surface area contributed by atoms with Crippen molar-refractivity contribution in [2.24, 2.45) is 0 Å². The summed E-state index contributed by atoms with van der Waals surface area (Å²) in [6.45, 7) is 0.770. The molecular formula is C9H12BrNOS. The maximum atomic E-state index is 5.21. The van der Waals surface area contributed by atoms with Gasteiger partial charge in [0.05, 0.1) is 7.11 Å². The third kappa shape index (κ3) is 3.21. The predicted octanol–water partition coefficient (Wildman–Crippen LogP) is 2.43. The first-order chi connectivity index (χ1) is 6.27. The molecule has 0 aliphatic carbocycles. The Morgan fingerprint density at radius 1 is 1.54 bits per heavy atom. The van der Waals surface area contributed by atoms with Gasteiger partial charge in [0, 0.05) is 22.5 Å². The van der Waals surface area contributed by atoms with Gasteiger partial charge in [-0.15, -0.1) is 0 Å². The largest absolute Gasteiger partial charge is 0.496 e. The molecule has 0 fully saturated rings. The van der Waals surface area contributed by atoms with Crippen molar-refractivity contribution in [1.29, 1.82) is 0 Å². The summed E-state index contributed by atoms with van der Waals surface area (Å²) in [4.78, 5) is 0. The molecule has 0 aromatic heterocycles. The van der Waals surface area contributed by atoms with Gasteiger partial charge in [-0.1, -0.05) is 15.9 Å². The predicted molar refractivity (Wildman–Crippen MR) is 61.4 cm³/mol. The highest BCUT2D eigenvalue weighted by Gasteiger charge is 2.01. The summed E-state index contributed by atoms with van der Waals surface area (Å²) >= 11 is 7.49. The van der Waals surface area contributed by atoms with E-state index in [4.69, 9.17) is 4.74 Å². The summed E-state index contributed by atoms with van der Waals surface area (Å²) in [7, 11) is 1.67. The monoisotopic (exact) mass is 261 g/mol. The molecule has 0 heterocycles. The Bertz CT molecular complexity index is 280. The Labute approximate surface area is 92.2 Å². The van der Waals surface area contributed by atoms with Crippen molar-refractivity contribution in [3.05, 3.63) is 28.2 Å². The molecule has 0 aliphatic rings. The van der Waals surface area contributed by atoms with Gasteiger partial charge in [-0.05, 0) is 18.2 Å².